The molecule has 0 radical (unpaired) electrons. The quantitative estimate of drug-likeness (QED) is 0.556. The van der Waals surface area contributed by atoms with Crippen LogP contribution in [0.1, 0.15) is 40.9 Å². The van der Waals surface area contributed by atoms with Crippen molar-refractivity contribution < 1.29 is 4.79 Å². The zero-order valence-corrected chi connectivity index (χ0v) is 9.36. The number of carbonyl (C=O) groups excluding carboxylic acids is 1. The SMILES string of the molecule is CCc1cc(C=S)c(CC)cc1C=O. The Balaban J connectivity index is 3.34. The molecule has 0 aromatic heterocycles. The highest BCUT2D eigenvalue weighted by Crippen LogP contribution is 2.16. The molecule has 0 saturated carbocycles. The fourth-order valence-electron chi connectivity index (χ4n) is 1.56. The van der Waals surface area contributed by atoms with Gasteiger partial charge in [-0.05, 0) is 41.7 Å². The van der Waals surface area contributed by atoms with Crippen LogP contribution in [0.25, 0.3) is 0 Å². The smallest absolute Gasteiger partial charge is 0.150 e. The van der Waals surface area contributed by atoms with Crippen LogP contribution in [-0.4, -0.2) is 11.7 Å². The first kappa shape index (κ1) is 11.1. The van der Waals surface area contributed by atoms with Crippen molar-refractivity contribution in [3.05, 3.63) is 34.4 Å². The monoisotopic (exact) mass is 206 g/mol. The first-order chi connectivity index (χ1) is 6.76. The van der Waals surface area contributed by atoms with Crippen molar-refractivity contribution in [3.63, 3.8) is 0 Å². The molecule has 1 nitrogen and oxygen atoms in total. The minimum absolute atomic E-state index is 0.796. The van der Waals surface area contributed by atoms with Crippen LogP contribution < -0.4 is 0 Å². The van der Waals surface area contributed by atoms with E-state index >= 15 is 0 Å². The molecule has 0 spiro atoms. The minimum Gasteiger partial charge on any atom is -0.298 e. The highest BCUT2D eigenvalue weighted by atomic mass is 32.1. The molecule has 0 saturated heterocycles. The second-order valence-electron chi connectivity index (χ2n) is 3.19. The molecule has 0 unspecified atom stereocenters. The van der Waals surface area contributed by atoms with Crippen LogP contribution in [-0.2, 0) is 12.8 Å². The van der Waals surface area contributed by atoms with E-state index in [1.807, 2.05) is 19.1 Å². The lowest BCUT2D eigenvalue weighted by atomic mass is 9.97. The third-order valence-electron chi connectivity index (χ3n) is 2.42. The zero-order valence-electron chi connectivity index (χ0n) is 8.54. The summed E-state index contributed by atoms with van der Waals surface area (Å²) >= 11 is 4.95. The molecular formula is C12H14OS. The summed E-state index contributed by atoms with van der Waals surface area (Å²) < 4.78 is 0. The number of aryl methyl sites for hydroxylation is 2. The lowest BCUT2D eigenvalue weighted by Crippen LogP contribution is -1.98. The molecular weight excluding hydrogens is 192 g/mol. The number of carbonyl (C=O) groups is 1. The topological polar surface area (TPSA) is 17.1 Å². The summed E-state index contributed by atoms with van der Waals surface area (Å²) in [4.78, 5) is 10.8. The van der Waals surface area contributed by atoms with Gasteiger partial charge in [0.1, 0.15) is 6.29 Å². The molecule has 2 heteroatoms. The maximum absolute atomic E-state index is 10.8. The molecule has 0 bridgehead atoms. The van der Waals surface area contributed by atoms with Crippen LogP contribution in [0.3, 0.4) is 0 Å². The average Bonchev–Trinajstić information content (AvgIpc) is 2.26. The van der Waals surface area contributed by atoms with E-state index < -0.39 is 0 Å². The molecule has 0 atom stereocenters. The van der Waals surface area contributed by atoms with Crippen LogP contribution in [0.15, 0.2) is 12.1 Å². The predicted octanol–water partition coefficient (Wildman–Crippen LogP) is 2.97. The summed E-state index contributed by atoms with van der Waals surface area (Å²) in [5.41, 5.74) is 4.10. The average molecular weight is 206 g/mol. The first-order valence-electron chi connectivity index (χ1n) is 4.82. The zero-order chi connectivity index (χ0) is 10.6. The van der Waals surface area contributed by atoms with Crippen LogP contribution in [0.2, 0.25) is 0 Å². The predicted molar refractivity (Wildman–Crippen MR) is 63.3 cm³/mol. The molecule has 74 valence electrons. The highest BCUT2D eigenvalue weighted by molar-refractivity contribution is 7.79. The molecule has 0 aliphatic heterocycles. The van der Waals surface area contributed by atoms with Gasteiger partial charge in [0.15, 0.2) is 0 Å². The van der Waals surface area contributed by atoms with E-state index in [1.165, 1.54) is 0 Å². The van der Waals surface area contributed by atoms with Crippen molar-refractivity contribution in [1.82, 2.24) is 0 Å². The van der Waals surface area contributed by atoms with Crippen molar-refractivity contribution in [2.75, 3.05) is 0 Å². The van der Waals surface area contributed by atoms with Crippen LogP contribution in [0.4, 0.5) is 0 Å². The van der Waals surface area contributed by atoms with E-state index in [9.17, 15) is 4.79 Å². The second kappa shape index (κ2) is 5.01. The maximum atomic E-state index is 10.8. The van der Waals surface area contributed by atoms with Crippen LogP contribution >= 0.6 is 12.2 Å². The van der Waals surface area contributed by atoms with Crippen molar-refractivity contribution in [2.45, 2.75) is 26.7 Å². The number of aldehydes is 1. The summed E-state index contributed by atoms with van der Waals surface area (Å²) in [6.45, 7) is 4.11. The molecule has 1 aromatic rings. The maximum Gasteiger partial charge on any atom is 0.150 e. The third kappa shape index (κ3) is 2.07. The van der Waals surface area contributed by atoms with Crippen molar-refractivity contribution in [3.8, 4) is 0 Å². The van der Waals surface area contributed by atoms with E-state index in [-0.39, 0.29) is 0 Å². The Morgan fingerprint density at radius 2 is 1.64 bits per heavy atom. The molecule has 1 rings (SSSR count). The molecule has 0 N–H and O–H groups in total. The lowest BCUT2D eigenvalue weighted by Gasteiger charge is -2.08. The standard InChI is InChI=1S/C12H14OS/c1-3-9-6-12(8-14)10(4-2)5-11(9)7-13/h5-8H,3-4H2,1-2H3. The van der Waals surface area contributed by atoms with Gasteiger partial charge in [-0.25, -0.2) is 0 Å². The Morgan fingerprint density at radius 3 is 2.07 bits per heavy atom. The van der Waals surface area contributed by atoms with Gasteiger partial charge in [-0.1, -0.05) is 26.1 Å². The van der Waals surface area contributed by atoms with Gasteiger partial charge >= 0.3 is 0 Å². The Morgan fingerprint density at radius 1 is 1.14 bits per heavy atom. The number of thiocarbonyl (C=S) groups is 1. The fraction of sp³-hybridized carbons (Fsp3) is 0.333. The summed E-state index contributed by atoms with van der Waals surface area (Å²) in [5.74, 6) is 0. The third-order valence-corrected chi connectivity index (χ3v) is 2.67. The Hall–Kier alpha value is -1.02. The number of rotatable bonds is 4. The molecule has 0 amide bonds. The highest BCUT2D eigenvalue weighted by Gasteiger charge is 2.05. The molecule has 0 fully saturated rings. The van der Waals surface area contributed by atoms with Gasteiger partial charge in [-0.3, -0.25) is 4.79 Å². The van der Waals surface area contributed by atoms with Crippen LogP contribution in [0, 0.1) is 0 Å². The molecule has 1 aromatic carbocycles. The van der Waals surface area contributed by atoms with E-state index in [4.69, 9.17) is 12.2 Å². The number of hydrogen-bond donors (Lipinski definition) is 0. The first-order valence-corrected chi connectivity index (χ1v) is 5.30. The summed E-state index contributed by atoms with van der Waals surface area (Å²) in [5, 5.41) is 1.69. The summed E-state index contributed by atoms with van der Waals surface area (Å²) in [7, 11) is 0. The van der Waals surface area contributed by atoms with Crippen molar-refractivity contribution in [1.29, 1.82) is 0 Å². The Labute approximate surface area is 90.1 Å². The summed E-state index contributed by atoms with van der Waals surface area (Å²) in [6.07, 6.45) is 2.70. The Bertz CT molecular complexity index is 320. The van der Waals surface area contributed by atoms with E-state index in [2.05, 4.69) is 6.92 Å². The van der Waals surface area contributed by atoms with E-state index in [0.29, 0.717) is 0 Å². The molecule has 14 heavy (non-hydrogen) atoms. The summed E-state index contributed by atoms with van der Waals surface area (Å²) in [6, 6.07) is 3.97. The van der Waals surface area contributed by atoms with Gasteiger partial charge in [0.05, 0.1) is 0 Å². The molecule has 0 aliphatic carbocycles. The van der Waals surface area contributed by atoms with Gasteiger partial charge < -0.3 is 0 Å². The van der Waals surface area contributed by atoms with Gasteiger partial charge in [0.25, 0.3) is 0 Å². The minimum atomic E-state index is 0.796. The van der Waals surface area contributed by atoms with Gasteiger partial charge in [0, 0.05) is 10.9 Å². The van der Waals surface area contributed by atoms with Crippen LogP contribution in [0.5, 0.6) is 0 Å². The van der Waals surface area contributed by atoms with Gasteiger partial charge in [0.2, 0.25) is 0 Å². The second-order valence-corrected chi connectivity index (χ2v) is 3.43. The number of hydrogen-bond acceptors (Lipinski definition) is 2. The largest absolute Gasteiger partial charge is 0.298 e. The van der Waals surface area contributed by atoms with Crippen molar-refractivity contribution in [2.24, 2.45) is 0 Å². The Kier molecular flexibility index (Phi) is 3.96. The lowest BCUT2D eigenvalue weighted by molar-refractivity contribution is 0.112. The fourth-order valence-corrected chi connectivity index (χ4v) is 1.78. The van der Waals surface area contributed by atoms with Gasteiger partial charge in [-0.15, -0.1) is 0 Å². The van der Waals surface area contributed by atoms with E-state index in [1.54, 1.807) is 5.37 Å². The van der Waals surface area contributed by atoms with Gasteiger partial charge in [-0.2, -0.15) is 0 Å². The van der Waals surface area contributed by atoms with Crippen molar-refractivity contribution >= 4 is 23.9 Å². The molecule has 0 aliphatic rings. The molecule has 0 heterocycles. The number of benzene rings is 1. The van der Waals surface area contributed by atoms with E-state index in [0.717, 1.165) is 41.4 Å². The normalized spacial score (nSPS) is 9.86.